The van der Waals surface area contributed by atoms with E-state index in [1.807, 2.05) is 42.5 Å². The first-order valence-corrected chi connectivity index (χ1v) is 7.32. The molecule has 0 bridgehead atoms. The van der Waals surface area contributed by atoms with Crippen LogP contribution in [0.15, 0.2) is 48.5 Å². The summed E-state index contributed by atoms with van der Waals surface area (Å²) in [6, 6.07) is 15.6. The number of nitrogen functional groups attached to an aromatic ring is 1. The molecule has 0 unspecified atom stereocenters. The second kappa shape index (κ2) is 5.70. The number of rotatable bonds is 4. The van der Waals surface area contributed by atoms with Crippen LogP contribution in [0.5, 0.6) is 5.75 Å². The third kappa shape index (κ3) is 2.69. The molecule has 1 heterocycles. The van der Waals surface area contributed by atoms with Gasteiger partial charge in [0.15, 0.2) is 0 Å². The summed E-state index contributed by atoms with van der Waals surface area (Å²) in [5, 5.41) is 1.80. The topological polar surface area (TPSA) is 40.2 Å². The van der Waals surface area contributed by atoms with Gasteiger partial charge in [0.2, 0.25) is 0 Å². The molecule has 0 spiro atoms. The SMILES string of the molecule is CCn1c(COc2ccccc2Cl)cc2ccc(N)cc21. The number of anilines is 1. The first kappa shape index (κ1) is 13.8. The Labute approximate surface area is 128 Å². The summed E-state index contributed by atoms with van der Waals surface area (Å²) < 4.78 is 8.05. The molecule has 0 aliphatic rings. The Kier molecular flexibility index (Phi) is 3.76. The third-order valence-corrected chi connectivity index (χ3v) is 3.85. The fourth-order valence-corrected chi connectivity index (χ4v) is 2.73. The summed E-state index contributed by atoms with van der Waals surface area (Å²) in [5.74, 6) is 0.701. The van der Waals surface area contributed by atoms with Crippen LogP contribution in [-0.4, -0.2) is 4.57 Å². The summed E-state index contributed by atoms with van der Waals surface area (Å²) in [6.07, 6.45) is 0. The van der Waals surface area contributed by atoms with Gasteiger partial charge in [-0.3, -0.25) is 0 Å². The molecule has 0 saturated carbocycles. The van der Waals surface area contributed by atoms with Crippen LogP contribution < -0.4 is 10.5 Å². The van der Waals surface area contributed by atoms with Gasteiger partial charge in [-0.25, -0.2) is 0 Å². The molecule has 0 radical (unpaired) electrons. The van der Waals surface area contributed by atoms with Crippen LogP contribution in [0.4, 0.5) is 5.69 Å². The van der Waals surface area contributed by atoms with Crippen molar-refractivity contribution in [2.45, 2.75) is 20.1 Å². The lowest BCUT2D eigenvalue weighted by atomic mass is 10.2. The minimum absolute atomic E-state index is 0.478. The molecule has 2 aromatic carbocycles. The van der Waals surface area contributed by atoms with Crippen LogP contribution in [0, 0.1) is 0 Å². The van der Waals surface area contributed by atoms with Crippen LogP contribution in [0.3, 0.4) is 0 Å². The van der Waals surface area contributed by atoms with E-state index in [9.17, 15) is 0 Å². The van der Waals surface area contributed by atoms with E-state index in [1.165, 1.54) is 5.39 Å². The molecule has 4 heteroatoms. The quantitative estimate of drug-likeness (QED) is 0.722. The predicted molar refractivity (Wildman–Crippen MR) is 87.8 cm³/mol. The first-order chi connectivity index (χ1) is 10.2. The van der Waals surface area contributed by atoms with Gasteiger partial charge in [0.05, 0.1) is 16.2 Å². The third-order valence-electron chi connectivity index (χ3n) is 3.54. The van der Waals surface area contributed by atoms with Crippen molar-refractivity contribution in [3.8, 4) is 5.75 Å². The molecule has 0 aliphatic heterocycles. The molecular formula is C17H17ClN2O. The van der Waals surface area contributed by atoms with Crippen LogP contribution in [-0.2, 0) is 13.2 Å². The molecule has 0 fully saturated rings. The largest absolute Gasteiger partial charge is 0.486 e. The van der Waals surface area contributed by atoms with Crippen molar-refractivity contribution in [2.24, 2.45) is 0 Å². The van der Waals surface area contributed by atoms with Crippen LogP contribution in [0.2, 0.25) is 5.02 Å². The maximum atomic E-state index is 6.12. The summed E-state index contributed by atoms with van der Waals surface area (Å²) in [6.45, 7) is 3.46. The number of aryl methyl sites for hydroxylation is 1. The number of benzene rings is 2. The van der Waals surface area contributed by atoms with Crippen molar-refractivity contribution in [3.05, 3.63) is 59.2 Å². The van der Waals surface area contributed by atoms with E-state index in [-0.39, 0.29) is 0 Å². The van der Waals surface area contributed by atoms with Gasteiger partial charge >= 0.3 is 0 Å². The highest BCUT2D eigenvalue weighted by atomic mass is 35.5. The standard InChI is InChI=1S/C17H17ClN2O/c1-2-20-14(9-12-7-8-13(19)10-16(12)20)11-21-17-6-4-3-5-15(17)18/h3-10H,2,11,19H2,1H3. The molecule has 3 aromatic rings. The van der Waals surface area contributed by atoms with Crippen LogP contribution in [0.1, 0.15) is 12.6 Å². The molecule has 0 saturated heterocycles. The van der Waals surface area contributed by atoms with Crippen LogP contribution in [0.25, 0.3) is 10.9 Å². The number of para-hydroxylation sites is 1. The minimum atomic E-state index is 0.478. The lowest BCUT2D eigenvalue weighted by Gasteiger charge is -2.11. The lowest BCUT2D eigenvalue weighted by molar-refractivity contribution is 0.296. The van der Waals surface area contributed by atoms with Crippen molar-refractivity contribution in [1.82, 2.24) is 4.57 Å². The second-order valence-electron chi connectivity index (χ2n) is 4.92. The number of hydrogen-bond acceptors (Lipinski definition) is 2. The average Bonchev–Trinajstić information content (AvgIpc) is 2.83. The molecule has 108 valence electrons. The molecule has 0 amide bonds. The van der Waals surface area contributed by atoms with Gasteiger partial charge in [-0.15, -0.1) is 0 Å². The van der Waals surface area contributed by atoms with Gasteiger partial charge in [0.1, 0.15) is 12.4 Å². The molecule has 21 heavy (non-hydrogen) atoms. The van der Waals surface area contributed by atoms with E-state index < -0.39 is 0 Å². The van der Waals surface area contributed by atoms with E-state index >= 15 is 0 Å². The van der Waals surface area contributed by atoms with Crippen molar-refractivity contribution in [1.29, 1.82) is 0 Å². The normalized spacial score (nSPS) is 11.0. The van der Waals surface area contributed by atoms with Gasteiger partial charge in [-0.2, -0.15) is 0 Å². The van der Waals surface area contributed by atoms with Gasteiger partial charge in [0, 0.05) is 17.6 Å². The van der Waals surface area contributed by atoms with Crippen molar-refractivity contribution in [2.75, 3.05) is 5.73 Å². The summed E-state index contributed by atoms with van der Waals surface area (Å²) in [7, 11) is 0. The van der Waals surface area contributed by atoms with Gasteiger partial charge in [-0.1, -0.05) is 29.8 Å². The smallest absolute Gasteiger partial charge is 0.138 e. The summed E-state index contributed by atoms with van der Waals surface area (Å²) in [5.41, 5.74) is 8.90. The molecule has 0 aliphatic carbocycles. The second-order valence-corrected chi connectivity index (χ2v) is 5.32. The Morgan fingerprint density at radius 1 is 1.14 bits per heavy atom. The van der Waals surface area contributed by atoms with Crippen molar-refractivity contribution >= 4 is 28.2 Å². The lowest BCUT2D eigenvalue weighted by Crippen LogP contribution is -2.04. The van der Waals surface area contributed by atoms with Crippen LogP contribution >= 0.6 is 11.6 Å². The van der Waals surface area contributed by atoms with Gasteiger partial charge < -0.3 is 15.0 Å². The summed E-state index contributed by atoms with van der Waals surface area (Å²) in [4.78, 5) is 0. The predicted octanol–water partition coefficient (Wildman–Crippen LogP) is 4.48. The first-order valence-electron chi connectivity index (χ1n) is 6.94. The number of halogens is 1. The zero-order chi connectivity index (χ0) is 14.8. The van der Waals surface area contributed by atoms with E-state index in [2.05, 4.69) is 17.6 Å². The minimum Gasteiger partial charge on any atom is -0.486 e. The maximum absolute atomic E-state index is 6.12. The zero-order valence-electron chi connectivity index (χ0n) is 11.8. The molecule has 3 rings (SSSR count). The van der Waals surface area contributed by atoms with Crippen molar-refractivity contribution < 1.29 is 4.74 Å². The van der Waals surface area contributed by atoms with E-state index in [1.54, 1.807) is 0 Å². The Balaban J connectivity index is 1.92. The highest BCUT2D eigenvalue weighted by Crippen LogP contribution is 2.26. The van der Waals surface area contributed by atoms with E-state index in [0.717, 1.165) is 23.4 Å². The molecule has 2 N–H and O–H groups in total. The highest BCUT2D eigenvalue weighted by Gasteiger charge is 2.09. The molecule has 3 nitrogen and oxygen atoms in total. The fraction of sp³-hybridized carbons (Fsp3) is 0.176. The van der Waals surface area contributed by atoms with Gasteiger partial charge in [-0.05, 0) is 37.3 Å². The molecular weight excluding hydrogens is 284 g/mol. The van der Waals surface area contributed by atoms with Gasteiger partial charge in [0.25, 0.3) is 0 Å². The summed E-state index contributed by atoms with van der Waals surface area (Å²) >= 11 is 6.12. The number of fused-ring (bicyclic) bond motifs is 1. The fourth-order valence-electron chi connectivity index (χ4n) is 2.54. The number of nitrogens with two attached hydrogens (primary N) is 1. The van der Waals surface area contributed by atoms with Crippen molar-refractivity contribution in [3.63, 3.8) is 0 Å². The molecule has 1 aromatic heterocycles. The Morgan fingerprint density at radius 2 is 1.95 bits per heavy atom. The number of hydrogen-bond donors (Lipinski definition) is 1. The number of nitrogens with zero attached hydrogens (tertiary/aromatic N) is 1. The highest BCUT2D eigenvalue weighted by molar-refractivity contribution is 6.32. The Bertz CT molecular complexity index is 780. The number of ether oxygens (including phenoxy) is 1. The molecule has 0 atom stereocenters. The zero-order valence-corrected chi connectivity index (χ0v) is 12.6. The van der Waals surface area contributed by atoms with E-state index in [4.69, 9.17) is 22.1 Å². The maximum Gasteiger partial charge on any atom is 0.138 e. The monoisotopic (exact) mass is 300 g/mol. The Morgan fingerprint density at radius 3 is 2.71 bits per heavy atom. The Hall–Kier alpha value is -2.13. The van der Waals surface area contributed by atoms with E-state index in [0.29, 0.717) is 17.4 Å². The number of aromatic nitrogens is 1. The average molecular weight is 301 g/mol.